The van der Waals surface area contributed by atoms with Gasteiger partial charge in [0.15, 0.2) is 0 Å². The molecule has 1 saturated heterocycles. The number of benzene rings is 3. The topological polar surface area (TPSA) is 78.9 Å². The number of nitrogens with one attached hydrogen (secondary N) is 1. The van der Waals surface area contributed by atoms with Crippen LogP contribution in [0.15, 0.2) is 83.8 Å². The number of ether oxygens (including phenoxy) is 1. The molecule has 6 nitrogen and oxygen atoms in total. The summed E-state index contributed by atoms with van der Waals surface area (Å²) in [5.74, 6) is 0.729. The van der Waals surface area contributed by atoms with Gasteiger partial charge in [-0.1, -0.05) is 54.6 Å². The number of aliphatic hydroxyl groups is 1. The highest BCUT2D eigenvalue weighted by Gasteiger charge is 2.27. The molecule has 2 N–H and O–H groups in total. The molecule has 0 aliphatic carbocycles. The van der Waals surface area contributed by atoms with Crippen LogP contribution in [-0.4, -0.2) is 50.8 Å². The molecule has 1 aliphatic heterocycles. The van der Waals surface area contributed by atoms with Crippen molar-refractivity contribution in [3.63, 3.8) is 0 Å². The van der Waals surface area contributed by atoms with Crippen LogP contribution in [0.2, 0.25) is 0 Å². The van der Waals surface area contributed by atoms with Crippen molar-refractivity contribution in [2.45, 2.75) is 23.9 Å². The summed E-state index contributed by atoms with van der Waals surface area (Å²) in [5.41, 5.74) is 3.14. The summed E-state index contributed by atoms with van der Waals surface area (Å²) < 4.78 is 34.1. The number of nitrogens with zero attached hydrogens (tertiary/aromatic N) is 1. The molecule has 0 saturated carbocycles. The number of likely N-dealkylation sites (tertiary alicyclic amines) is 1. The Hall–Kier alpha value is -2.71. The van der Waals surface area contributed by atoms with Gasteiger partial charge in [-0.3, -0.25) is 4.90 Å². The standard InChI is InChI=1S/C25H28N2O4S/c28-15-16-31-24-8-4-5-20(17-24)18-27-14-13-23(19-27)26-32(29,30)25-11-9-22(10-12-25)21-6-2-1-3-7-21/h1-12,17,23,26,28H,13-16,18-19H2/t23-/m0/s1. The van der Waals surface area contributed by atoms with Crippen LogP contribution >= 0.6 is 0 Å². The van der Waals surface area contributed by atoms with E-state index in [4.69, 9.17) is 9.84 Å². The molecule has 0 aromatic heterocycles. The summed E-state index contributed by atoms with van der Waals surface area (Å²) in [6, 6.07) is 24.6. The molecule has 1 atom stereocenters. The summed E-state index contributed by atoms with van der Waals surface area (Å²) in [4.78, 5) is 2.51. The third-order valence-electron chi connectivity index (χ3n) is 5.53. The smallest absolute Gasteiger partial charge is 0.240 e. The molecular formula is C25H28N2O4S. The van der Waals surface area contributed by atoms with Crippen LogP contribution in [0.5, 0.6) is 5.75 Å². The van der Waals surface area contributed by atoms with Crippen LogP contribution in [0.4, 0.5) is 0 Å². The van der Waals surface area contributed by atoms with Crippen LogP contribution < -0.4 is 9.46 Å². The molecule has 0 amide bonds. The van der Waals surface area contributed by atoms with Crippen LogP contribution in [0.3, 0.4) is 0 Å². The Kier molecular flexibility index (Phi) is 7.22. The van der Waals surface area contributed by atoms with Gasteiger partial charge in [0, 0.05) is 25.7 Å². The number of hydrogen-bond donors (Lipinski definition) is 2. The lowest BCUT2D eigenvalue weighted by Gasteiger charge is -2.17. The zero-order valence-electron chi connectivity index (χ0n) is 17.9. The van der Waals surface area contributed by atoms with Crippen LogP contribution in [0.25, 0.3) is 11.1 Å². The Morgan fingerprint density at radius 1 is 0.969 bits per heavy atom. The minimum absolute atomic E-state index is 0.0207. The molecule has 32 heavy (non-hydrogen) atoms. The van der Waals surface area contributed by atoms with E-state index in [1.54, 1.807) is 12.1 Å². The monoisotopic (exact) mass is 452 g/mol. The Morgan fingerprint density at radius 2 is 1.72 bits per heavy atom. The van der Waals surface area contributed by atoms with Crippen LogP contribution in [0.1, 0.15) is 12.0 Å². The normalized spacial score (nSPS) is 16.8. The summed E-state index contributed by atoms with van der Waals surface area (Å²) in [5, 5.41) is 8.91. The quantitative estimate of drug-likeness (QED) is 0.521. The zero-order chi connectivity index (χ0) is 22.4. The molecule has 0 bridgehead atoms. The maximum absolute atomic E-state index is 12.9. The zero-order valence-corrected chi connectivity index (χ0v) is 18.7. The van der Waals surface area contributed by atoms with Gasteiger partial charge in [0.1, 0.15) is 12.4 Å². The first-order valence-electron chi connectivity index (χ1n) is 10.8. The second kappa shape index (κ2) is 10.3. The number of hydrogen-bond acceptors (Lipinski definition) is 5. The van der Waals surface area contributed by atoms with Gasteiger partial charge in [-0.15, -0.1) is 0 Å². The molecule has 0 spiro atoms. The fourth-order valence-corrected chi connectivity index (χ4v) is 5.23. The van der Waals surface area contributed by atoms with Crippen molar-refractivity contribution in [1.29, 1.82) is 0 Å². The van der Waals surface area contributed by atoms with E-state index in [2.05, 4.69) is 9.62 Å². The van der Waals surface area contributed by atoms with Crippen molar-refractivity contribution in [3.8, 4) is 16.9 Å². The highest BCUT2D eigenvalue weighted by atomic mass is 32.2. The van der Waals surface area contributed by atoms with E-state index >= 15 is 0 Å². The third-order valence-corrected chi connectivity index (χ3v) is 7.07. The number of sulfonamides is 1. The summed E-state index contributed by atoms with van der Waals surface area (Å²) in [7, 11) is -3.58. The second-order valence-electron chi connectivity index (χ2n) is 7.95. The molecule has 1 fully saturated rings. The first-order valence-corrected chi connectivity index (χ1v) is 12.2. The maximum atomic E-state index is 12.9. The molecule has 1 aliphatic rings. The first kappa shape index (κ1) is 22.5. The van der Waals surface area contributed by atoms with E-state index in [1.807, 2.05) is 66.7 Å². The van der Waals surface area contributed by atoms with Gasteiger partial charge in [0.2, 0.25) is 10.0 Å². The van der Waals surface area contributed by atoms with E-state index in [-0.39, 0.29) is 24.2 Å². The van der Waals surface area contributed by atoms with Crippen molar-refractivity contribution >= 4 is 10.0 Å². The lowest BCUT2D eigenvalue weighted by molar-refractivity contribution is 0.201. The van der Waals surface area contributed by atoms with Gasteiger partial charge in [-0.25, -0.2) is 13.1 Å². The average molecular weight is 453 g/mol. The van der Waals surface area contributed by atoms with Gasteiger partial charge < -0.3 is 9.84 Å². The van der Waals surface area contributed by atoms with Crippen molar-refractivity contribution in [1.82, 2.24) is 9.62 Å². The number of rotatable bonds is 9. The van der Waals surface area contributed by atoms with Crippen molar-refractivity contribution in [2.75, 3.05) is 26.3 Å². The molecule has 1 heterocycles. The van der Waals surface area contributed by atoms with Gasteiger partial charge in [-0.05, 0) is 47.4 Å². The van der Waals surface area contributed by atoms with Gasteiger partial charge in [-0.2, -0.15) is 0 Å². The number of aliphatic hydroxyl groups excluding tert-OH is 1. The lowest BCUT2D eigenvalue weighted by Crippen LogP contribution is -2.36. The minimum Gasteiger partial charge on any atom is -0.491 e. The average Bonchev–Trinajstić information content (AvgIpc) is 3.24. The predicted molar refractivity (Wildman–Crippen MR) is 125 cm³/mol. The Bertz CT molecular complexity index is 1120. The summed E-state index contributed by atoms with van der Waals surface area (Å²) in [6.45, 7) is 2.45. The fraction of sp³-hybridized carbons (Fsp3) is 0.280. The van der Waals surface area contributed by atoms with Crippen LogP contribution in [-0.2, 0) is 16.6 Å². The summed E-state index contributed by atoms with van der Waals surface area (Å²) in [6.07, 6.45) is 0.766. The Labute approximate surface area is 189 Å². The molecule has 168 valence electrons. The molecule has 0 unspecified atom stereocenters. The first-order chi connectivity index (χ1) is 15.5. The van der Waals surface area contributed by atoms with Crippen molar-refractivity contribution < 1.29 is 18.3 Å². The van der Waals surface area contributed by atoms with Crippen molar-refractivity contribution in [2.24, 2.45) is 0 Å². The molecule has 7 heteroatoms. The molecule has 4 rings (SSSR count). The third kappa shape index (κ3) is 5.75. The van der Waals surface area contributed by atoms with E-state index < -0.39 is 10.0 Å². The van der Waals surface area contributed by atoms with Gasteiger partial charge in [0.25, 0.3) is 0 Å². The van der Waals surface area contributed by atoms with E-state index in [1.165, 1.54) is 0 Å². The van der Waals surface area contributed by atoms with E-state index in [0.717, 1.165) is 42.0 Å². The minimum atomic E-state index is -3.58. The van der Waals surface area contributed by atoms with Crippen LogP contribution in [0, 0.1) is 0 Å². The molecule has 3 aromatic rings. The summed E-state index contributed by atoms with van der Waals surface area (Å²) >= 11 is 0. The van der Waals surface area contributed by atoms with E-state index in [9.17, 15) is 8.42 Å². The Morgan fingerprint density at radius 3 is 2.47 bits per heavy atom. The molecule has 0 radical (unpaired) electrons. The van der Waals surface area contributed by atoms with Gasteiger partial charge in [0.05, 0.1) is 11.5 Å². The molecule has 3 aromatic carbocycles. The van der Waals surface area contributed by atoms with E-state index in [0.29, 0.717) is 6.54 Å². The lowest BCUT2D eigenvalue weighted by atomic mass is 10.1. The maximum Gasteiger partial charge on any atom is 0.240 e. The largest absolute Gasteiger partial charge is 0.491 e. The fourth-order valence-electron chi connectivity index (χ4n) is 3.97. The molecular weight excluding hydrogens is 424 g/mol. The highest BCUT2D eigenvalue weighted by molar-refractivity contribution is 7.89. The van der Waals surface area contributed by atoms with Crippen molar-refractivity contribution in [3.05, 3.63) is 84.4 Å². The Balaban J connectivity index is 1.34. The van der Waals surface area contributed by atoms with Gasteiger partial charge >= 0.3 is 0 Å². The second-order valence-corrected chi connectivity index (χ2v) is 9.67. The highest BCUT2D eigenvalue weighted by Crippen LogP contribution is 2.22. The SMILES string of the molecule is O=S(=O)(N[C@H]1CCN(Cc2cccc(OCCO)c2)C1)c1ccc(-c2ccccc2)cc1. The predicted octanol–water partition coefficient (Wildman–Crippen LogP) is 3.28.